The molecule has 0 saturated carbocycles. The van der Waals surface area contributed by atoms with Crippen LogP contribution in [0.2, 0.25) is 0 Å². The lowest BCUT2D eigenvalue weighted by molar-refractivity contribution is -0.125. The van der Waals surface area contributed by atoms with Crippen molar-refractivity contribution in [1.82, 2.24) is 10.2 Å². The molecule has 1 aliphatic heterocycles. The van der Waals surface area contributed by atoms with E-state index in [1.165, 1.54) is 0 Å². The normalized spacial score (nSPS) is 18.2. The molecule has 30 heavy (non-hydrogen) atoms. The van der Waals surface area contributed by atoms with Crippen molar-refractivity contribution in [2.45, 2.75) is 5.92 Å². The van der Waals surface area contributed by atoms with E-state index < -0.39 is 5.92 Å². The highest BCUT2D eigenvalue weighted by atomic mass is 16.5. The summed E-state index contributed by atoms with van der Waals surface area (Å²) in [6.45, 7) is 1.59. The fraction of sp³-hybridized carbons (Fsp3) is 0.391. The Hall–Kier alpha value is -3.06. The number of nitrogens with one attached hydrogen (secondary N) is 1. The molecule has 3 rings (SSSR count). The average Bonchev–Trinajstić information content (AvgIpc) is 3.24. The summed E-state index contributed by atoms with van der Waals surface area (Å²) >= 11 is 0. The Kier molecular flexibility index (Phi) is 7.30. The van der Waals surface area contributed by atoms with Crippen LogP contribution in [0.5, 0.6) is 11.5 Å². The van der Waals surface area contributed by atoms with E-state index in [1.54, 1.807) is 38.4 Å². The molecule has 1 heterocycles. The second-order valence-corrected chi connectivity index (χ2v) is 7.16. The molecule has 0 spiro atoms. The number of benzene rings is 2. The number of carbonyl (C=O) groups is 2. The highest BCUT2D eigenvalue weighted by Gasteiger charge is 2.42. The van der Waals surface area contributed by atoms with Crippen LogP contribution in [0.15, 0.2) is 48.5 Å². The van der Waals surface area contributed by atoms with E-state index >= 15 is 0 Å². The van der Waals surface area contributed by atoms with Gasteiger partial charge in [0.1, 0.15) is 0 Å². The maximum absolute atomic E-state index is 13.0. The molecule has 0 aliphatic carbocycles. The Labute approximate surface area is 176 Å². The van der Waals surface area contributed by atoms with Gasteiger partial charge < -0.3 is 24.4 Å². The number of rotatable bonds is 8. The number of methoxy groups -OCH3 is 3. The Morgan fingerprint density at radius 1 is 1.00 bits per heavy atom. The first-order valence-corrected chi connectivity index (χ1v) is 9.92. The van der Waals surface area contributed by atoms with Gasteiger partial charge in [-0.3, -0.25) is 9.59 Å². The standard InChI is InChI=1S/C23H28N2O5/c1-28-13-12-24-22(26)19-15-25(23(27)16-8-5-4-6-9-16)14-18(19)17-10-7-11-20(29-2)21(17)30-3/h4-11,18-19H,12-15H2,1-3H3,(H,24,26)/t18-,19+/m1/s1. The first kappa shape index (κ1) is 21.6. The maximum atomic E-state index is 13.0. The van der Waals surface area contributed by atoms with Crippen LogP contribution in [-0.4, -0.2) is 64.3 Å². The zero-order valence-electron chi connectivity index (χ0n) is 17.6. The molecule has 0 bridgehead atoms. The highest BCUT2D eigenvalue weighted by Crippen LogP contribution is 2.42. The minimum atomic E-state index is -0.407. The Morgan fingerprint density at radius 2 is 1.77 bits per heavy atom. The van der Waals surface area contributed by atoms with Crippen LogP contribution in [0.4, 0.5) is 0 Å². The molecule has 7 nitrogen and oxygen atoms in total. The minimum absolute atomic E-state index is 0.0883. The van der Waals surface area contributed by atoms with E-state index in [4.69, 9.17) is 14.2 Å². The van der Waals surface area contributed by atoms with Gasteiger partial charge >= 0.3 is 0 Å². The Balaban J connectivity index is 1.92. The number of carbonyl (C=O) groups excluding carboxylic acids is 2. The van der Waals surface area contributed by atoms with Gasteiger partial charge in [0.2, 0.25) is 5.91 Å². The summed E-state index contributed by atoms with van der Waals surface area (Å²) in [6.07, 6.45) is 0. The summed E-state index contributed by atoms with van der Waals surface area (Å²) in [5.41, 5.74) is 1.46. The Morgan fingerprint density at radius 3 is 2.43 bits per heavy atom. The second kappa shape index (κ2) is 10.1. The molecule has 0 radical (unpaired) electrons. The third kappa shape index (κ3) is 4.57. The number of likely N-dealkylation sites (tertiary alicyclic amines) is 1. The molecule has 1 N–H and O–H groups in total. The maximum Gasteiger partial charge on any atom is 0.253 e. The number of nitrogens with zero attached hydrogens (tertiary/aromatic N) is 1. The van der Waals surface area contributed by atoms with Gasteiger partial charge in [0.15, 0.2) is 11.5 Å². The van der Waals surface area contributed by atoms with Gasteiger partial charge in [-0.1, -0.05) is 30.3 Å². The van der Waals surface area contributed by atoms with E-state index in [0.717, 1.165) is 5.56 Å². The van der Waals surface area contributed by atoms with Crippen LogP contribution in [0, 0.1) is 5.92 Å². The van der Waals surface area contributed by atoms with E-state index in [0.29, 0.717) is 43.3 Å². The topological polar surface area (TPSA) is 77.1 Å². The third-order valence-corrected chi connectivity index (χ3v) is 5.40. The van der Waals surface area contributed by atoms with Crippen LogP contribution in [0.3, 0.4) is 0 Å². The summed E-state index contributed by atoms with van der Waals surface area (Å²) in [7, 11) is 4.75. The lowest BCUT2D eigenvalue weighted by Crippen LogP contribution is -2.37. The van der Waals surface area contributed by atoms with E-state index in [2.05, 4.69) is 5.32 Å². The molecule has 7 heteroatoms. The average molecular weight is 412 g/mol. The molecule has 2 amide bonds. The predicted molar refractivity (Wildman–Crippen MR) is 113 cm³/mol. The van der Waals surface area contributed by atoms with Gasteiger partial charge in [-0.2, -0.15) is 0 Å². The van der Waals surface area contributed by atoms with Crippen molar-refractivity contribution >= 4 is 11.8 Å². The van der Waals surface area contributed by atoms with Crippen LogP contribution < -0.4 is 14.8 Å². The molecule has 160 valence electrons. The van der Waals surface area contributed by atoms with Crippen LogP contribution >= 0.6 is 0 Å². The van der Waals surface area contributed by atoms with Gasteiger partial charge in [-0.15, -0.1) is 0 Å². The number of para-hydroxylation sites is 1. The number of amides is 2. The minimum Gasteiger partial charge on any atom is -0.493 e. The number of ether oxygens (including phenoxy) is 3. The van der Waals surface area contributed by atoms with Crippen molar-refractivity contribution in [3.63, 3.8) is 0 Å². The molecule has 1 aliphatic rings. The predicted octanol–water partition coefficient (Wildman–Crippen LogP) is 2.32. The largest absolute Gasteiger partial charge is 0.493 e. The van der Waals surface area contributed by atoms with Gasteiger partial charge in [0, 0.05) is 43.8 Å². The van der Waals surface area contributed by atoms with Crippen molar-refractivity contribution < 1.29 is 23.8 Å². The summed E-state index contributed by atoms with van der Waals surface area (Å²) < 4.78 is 16.1. The smallest absolute Gasteiger partial charge is 0.253 e. The van der Waals surface area contributed by atoms with Crippen molar-refractivity contribution in [3.05, 3.63) is 59.7 Å². The summed E-state index contributed by atoms with van der Waals surface area (Å²) in [6, 6.07) is 14.7. The second-order valence-electron chi connectivity index (χ2n) is 7.16. The van der Waals surface area contributed by atoms with Crippen molar-refractivity contribution in [1.29, 1.82) is 0 Å². The quantitative estimate of drug-likeness (QED) is 0.674. The van der Waals surface area contributed by atoms with Gasteiger partial charge in [0.05, 0.1) is 26.7 Å². The molecule has 1 fully saturated rings. The third-order valence-electron chi connectivity index (χ3n) is 5.40. The van der Waals surface area contributed by atoms with Crippen molar-refractivity contribution in [2.24, 2.45) is 5.92 Å². The van der Waals surface area contributed by atoms with Crippen molar-refractivity contribution in [3.8, 4) is 11.5 Å². The molecule has 2 atom stereocenters. The molecule has 0 aromatic heterocycles. The van der Waals surface area contributed by atoms with Crippen LogP contribution in [-0.2, 0) is 9.53 Å². The van der Waals surface area contributed by atoms with Gasteiger partial charge in [-0.25, -0.2) is 0 Å². The highest BCUT2D eigenvalue weighted by molar-refractivity contribution is 5.95. The molecule has 2 aromatic rings. The zero-order valence-corrected chi connectivity index (χ0v) is 17.6. The fourth-order valence-electron chi connectivity index (χ4n) is 3.93. The fourth-order valence-corrected chi connectivity index (χ4v) is 3.93. The SMILES string of the molecule is COCCNC(=O)[C@H]1CN(C(=O)c2ccccc2)C[C@@H]1c1cccc(OC)c1OC. The summed E-state index contributed by atoms with van der Waals surface area (Å²) in [4.78, 5) is 27.8. The van der Waals surface area contributed by atoms with Crippen molar-refractivity contribution in [2.75, 3.05) is 47.6 Å². The lowest BCUT2D eigenvalue weighted by Gasteiger charge is -2.21. The van der Waals surface area contributed by atoms with Crippen LogP contribution in [0.1, 0.15) is 21.8 Å². The molecular formula is C23H28N2O5. The van der Waals surface area contributed by atoms with Crippen LogP contribution in [0.25, 0.3) is 0 Å². The Bertz CT molecular complexity index is 871. The summed E-state index contributed by atoms with van der Waals surface area (Å²) in [5.74, 6) is 0.371. The van der Waals surface area contributed by atoms with Gasteiger partial charge in [-0.05, 0) is 18.2 Å². The first-order valence-electron chi connectivity index (χ1n) is 9.92. The molecule has 0 unspecified atom stereocenters. The number of hydrogen-bond donors (Lipinski definition) is 1. The molecule has 1 saturated heterocycles. The first-order chi connectivity index (χ1) is 14.6. The van der Waals surface area contributed by atoms with E-state index in [-0.39, 0.29) is 17.7 Å². The summed E-state index contributed by atoms with van der Waals surface area (Å²) in [5, 5.41) is 2.92. The van der Waals surface area contributed by atoms with E-state index in [1.807, 2.05) is 36.4 Å². The number of hydrogen-bond acceptors (Lipinski definition) is 5. The lowest BCUT2D eigenvalue weighted by atomic mass is 9.87. The molecular weight excluding hydrogens is 384 g/mol. The van der Waals surface area contributed by atoms with E-state index in [9.17, 15) is 9.59 Å². The monoisotopic (exact) mass is 412 g/mol. The zero-order chi connectivity index (χ0) is 21.5. The molecule has 2 aromatic carbocycles. The van der Waals surface area contributed by atoms with Gasteiger partial charge in [0.25, 0.3) is 5.91 Å².